The number of carbonyl (C=O) groups excluding carboxylic acids is 2. The summed E-state index contributed by atoms with van der Waals surface area (Å²) in [5, 5.41) is 2.58. The number of benzene rings is 2. The third kappa shape index (κ3) is 7.55. The van der Waals surface area contributed by atoms with Crippen molar-refractivity contribution >= 4 is 50.1 Å². The van der Waals surface area contributed by atoms with Gasteiger partial charge in [-0.3, -0.25) is 14.5 Å². The molecule has 1 heterocycles. The molecule has 2 atom stereocenters. The molecule has 40 heavy (non-hydrogen) atoms. The zero-order chi connectivity index (χ0) is 29.6. The molecule has 218 valence electrons. The van der Waals surface area contributed by atoms with E-state index >= 15 is 0 Å². The van der Waals surface area contributed by atoms with E-state index in [1.54, 1.807) is 35.2 Å². The maximum Gasteiger partial charge on any atom is 0.242 e. The van der Waals surface area contributed by atoms with Crippen LogP contribution in [0, 0.1) is 5.92 Å². The van der Waals surface area contributed by atoms with E-state index in [0.29, 0.717) is 34.0 Å². The molecule has 1 aliphatic heterocycles. The number of nitrogens with one attached hydrogen (secondary N) is 1. The van der Waals surface area contributed by atoms with Crippen molar-refractivity contribution in [2.45, 2.75) is 56.2 Å². The average molecular weight is 591 g/mol. The second-order valence-corrected chi connectivity index (χ2v) is 13.5. The highest BCUT2D eigenvalue weighted by atomic mass is 32.2. The number of carbonyl (C=O) groups is 2. The second-order valence-electron chi connectivity index (χ2n) is 10.1. The van der Waals surface area contributed by atoms with Crippen molar-refractivity contribution < 1.29 is 27.5 Å². The van der Waals surface area contributed by atoms with Gasteiger partial charge in [-0.2, -0.15) is 0 Å². The van der Waals surface area contributed by atoms with Crippen LogP contribution in [0.3, 0.4) is 0 Å². The third-order valence-corrected chi connectivity index (χ3v) is 9.40. The van der Waals surface area contributed by atoms with Gasteiger partial charge in [-0.25, -0.2) is 17.7 Å². The topological polar surface area (TPSA) is 118 Å². The number of anilines is 1. The normalized spacial score (nSPS) is 17.5. The van der Waals surface area contributed by atoms with Crippen molar-refractivity contribution in [1.82, 2.24) is 9.21 Å². The largest absolute Gasteiger partial charge is 0.497 e. The number of hydrogen-bond acceptors (Lipinski definition) is 8. The molecule has 0 aromatic heterocycles. The molecule has 10 nitrogen and oxygen atoms in total. The summed E-state index contributed by atoms with van der Waals surface area (Å²) in [5.41, 5.74) is 0.850. The summed E-state index contributed by atoms with van der Waals surface area (Å²) in [4.78, 5) is 33.1. The molecule has 0 bridgehead atoms. The molecular formula is C28H38N4O6S2. The van der Waals surface area contributed by atoms with Crippen molar-refractivity contribution in [2.24, 2.45) is 10.9 Å². The van der Waals surface area contributed by atoms with Crippen LogP contribution in [0.2, 0.25) is 0 Å². The first-order valence-electron chi connectivity index (χ1n) is 13.0. The lowest BCUT2D eigenvalue weighted by Crippen LogP contribution is -2.40. The molecule has 1 fully saturated rings. The standard InChI is InChI=1S/C28H38N4O6S2/c1-18(2)11-12-19(3)32-27(34)25(17-26(33)30-23-16-21(37-6)13-14-24(23)38-7)39-28(32)29-20-9-8-10-22(15-20)40(35,36)31(4)5/h8-10,13-16,18-19,25H,11-12,17H2,1-7H3,(H,30,33)/t19-,25+/m0/s1. The monoisotopic (exact) mass is 590 g/mol. The first kappa shape index (κ1) is 31.4. The van der Waals surface area contributed by atoms with Crippen LogP contribution in [0.15, 0.2) is 52.4 Å². The Morgan fingerprint density at radius 1 is 1.10 bits per heavy atom. The van der Waals surface area contributed by atoms with Crippen LogP contribution >= 0.6 is 11.8 Å². The highest BCUT2D eigenvalue weighted by molar-refractivity contribution is 8.15. The molecule has 2 amide bonds. The molecule has 0 spiro atoms. The fraction of sp³-hybridized carbons (Fsp3) is 0.464. The van der Waals surface area contributed by atoms with Gasteiger partial charge >= 0.3 is 0 Å². The molecule has 2 aromatic rings. The highest BCUT2D eigenvalue weighted by Gasteiger charge is 2.41. The molecule has 2 aromatic carbocycles. The van der Waals surface area contributed by atoms with Crippen LogP contribution in [0.1, 0.15) is 40.0 Å². The van der Waals surface area contributed by atoms with Gasteiger partial charge in [0.1, 0.15) is 16.7 Å². The predicted octanol–water partition coefficient (Wildman–Crippen LogP) is 4.74. The molecule has 3 rings (SSSR count). The minimum Gasteiger partial charge on any atom is -0.497 e. The summed E-state index contributed by atoms with van der Waals surface area (Å²) in [7, 11) is 2.31. The lowest BCUT2D eigenvalue weighted by atomic mass is 10.0. The molecule has 0 radical (unpaired) electrons. The van der Waals surface area contributed by atoms with Gasteiger partial charge in [-0.1, -0.05) is 31.7 Å². The quantitative estimate of drug-likeness (QED) is 0.379. The zero-order valence-electron chi connectivity index (χ0n) is 24.0. The van der Waals surface area contributed by atoms with E-state index in [1.807, 2.05) is 6.92 Å². The Morgan fingerprint density at radius 2 is 1.82 bits per heavy atom. The Kier molecular flexibility index (Phi) is 10.6. The van der Waals surface area contributed by atoms with E-state index in [0.717, 1.165) is 17.1 Å². The van der Waals surface area contributed by atoms with Crippen molar-refractivity contribution in [2.75, 3.05) is 33.6 Å². The number of methoxy groups -OCH3 is 2. The average Bonchev–Trinajstić information content (AvgIpc) is 3.20. The fourth-order valence-electron chi connectivity index (χ4n) is 4.12. The van der Waals surface area contributed by atoms with Crippen molar-refractivity contribution in [3.63, 3.8) is 0 Å². The lowest BCUT2D eigenvalue weighted by molar-refractivity contribution is -0.129. The summed E-state index contributed by atoms with van der Waals surface area (Å²) in [6.45, 7) is 6.21. The van der Waals surface area contributed by atoms with Gasteiger partial charge in [0.2, 0.25) is 21.8 Å². The van der Waals surface area contributed by atoms with Gasteiger partial charge in [0.05, 0.1) is 30.5 Å². The minimum atomic E-state index is -3.65. The van der Waals surface area contributed by atoms with Gasteiger partial charge in [-0.05, 0) is 56.0 Å². The Hall–Kier alpha value is -3.09. The Labute approximate surface area is 241 Å². The number of amides is 2. The van der Waals surface area contributed by atoms with Gasteiger partial charge < -0.3 is 14.8 Å². The van der Waals surface area contributed by atoms with Gasteiger partial charge in [0.25, 0.3) is 0 Å². The van der Waals surface area contributed by atoms with E-state index in [2.05, 4.69) is 19.2 Å². The summed E-state index contributed by atoms with van der Waals surface area (Å²) in [6, 6.07) is 11.2. The molecule has 1 N–H and O–H groups in total. The van der Waals surface area contributed by atoms with Crippen LogP contribution in [0.25, 0.3) is 0 Å². The molecule has 1 saturated heterocycles. The van der Waals surface area contributed by atoms with Gasteiger partial charge in [-0.15, -0.1) is 0 Å². The number of nitrogens with zero attached hydrogens (tertiary/aromatic N) is 3. The Bertz CT molecular complexity index is 1360. The number of sulfonamides is 1. The van der Waals surface area contributed by atoms with Crippen LogP contribution in [-0.4, -0.2) is 74.2 Å². The SMILES string of the molecule is COc1ccc(OC)c(NC(=O)C[C@H]2SC(=Nc3cccc(S(=O)(=O)N(C)C)c3)N([C@@H](C)CCC(C)C)C2=O)c1. The molecule has 0 saturated carbocycles. The first-order chi connectivity index (χ1) is 18.9. The number of rotatable bonds is 12. The van der Waals surface area contributed by atoms with Gasteiger partial charge in [0.15, 0.2) is 5.17 Å². The molecule has 1 aliphatic rings. The Balaban J connectivity index is 1.89. The molecule has 0 unspecified atom stereocenters. The summed E-state index contributed by atoms with van der Waals surface area (Å²) < 4.78 is 37.0. The zero-order valence-corrected chi connectivity index (χ0v) is 25.6. The minimum absolute atomic E-state index is 0.0780. The van der Waals surface area contributed by atoms with Gasteiger partial charge in [0, 0.05) is 32.6 Å². The number of thioether (sulfide) groups is 1. The third-order valence-electron chi connectivity index (χ3n) is 6.44. The molecular weight excluding hydrogens is 552 g/mol. The van der Waals surface area contributed by atoms with Crippen molar-refractivity contribution in [1.29, 1.82) is 0 Å². The fourth-order valence-corrected chi connectivity index (χ4v) is 6.31. The van der Waals surface area contributed by atoms with E-state index in [9.17, 15) is 18.0 Å². The maximum absolute atomic E-state index is 13.6. The second kappa shape index (κ2) is 13.5. The van der Waals surface area contributed by atoms with E-state index in [-0.39, 0.29) is 29.2 Å². The van der Waals surface area contributed by atoms with Crippen LogP contribution < -0.4 is 14.8 Å². The van der Waals surface area contributed by atoms with E-state index in [1.165, 1.54) is 52.2 Å². The number of hydrogen-bond donors (Lipinski definition) is 1. The summed E-state index contributed by atoms with van der Waals surface area (Å²) in [6.07, 6.45) is 1.60. The Morgan fingerprint density at radius 3 is 2.45 bits per heavy atom. The van der Waals surface area contributed by atoms with Crippen LogP contribution in [0.5, 0.6) is 11.5 Å². The number of amidine groups is 1. The van der Waals surface area contributed by atoms with E-state index < -0.39 is 15.3 Å². The van der Waals surface area contributed by atoms with Crippen molar-refractivity contribution in [3.05, 3.63) is 42.5 Å². The highest BCUT2D eigenvalue weighted by Crippen LogP contribution is 2.36. The molecule has 12 heteroatoms. The number of aliphatic imine (C=N–C) groups is 1. The van der Waals surface area contributed by atoms with Crippen LogP contribution in [0.4, 0.5) is 11.4 Å². The maximum atomic E-state index is 13.6. The summed E-state index contributed by atoms with van der Waals surface area (Å²) in [5.74, 6) is 0.927. The smallest absolute Gasteiger partial charge is 0.242 e. The van der Waals surface area contributed by atoms with E-state index in [4.69, 9.17) is 14.5 Å². The molecule has 0 aliphatic carbocycles. The number of ether oxygens (including phenoxy) is 2. The summed E-state index contributed by atoms with van der Waals surface area (Å²) >= 11 is 1.21. The van der Waals surface area contributed by atoms with Crippen molar-refractivity contribution in [3.8, 4) is 11.5 Å². The first-order valence-corrected chi connectivity index (χ1v) is 15.3. The van der Waals surface area contributed by atoms with Crippen LogP contribution in [-0.2, 0) is 19.6 Å². The predicted molar refractivity (Wildman–Crippen MR) is 159 cm³/mol. The lowest BCUT2D eigenvalue weighted by Gasteiger charge is -2.25.